The number of methoxy groups -OCH3 is 1. The number of hydrogen-bond donors (Lipinski definition) is 1. The van der Waals surface area contributed by atoms with Crippen LogP contribution in [0.3, 0.4) is 0 Å². The highest BCUT2D eigenvalue weighted by atomic mass is 32.2. The molecule has 2 heterocycles. The molecule has 30 heavy (non-hydrogen) atoms. The molecular formula is C21H24N2O6S. The highest BCUT2D eigenvalue weighted by Crippen LogP contribution is 2.33. The fourth-order valence-electron chi connectivity index (χ4n) is 3.76. The van der Waals surface area contributed by atoms with Crippen LogP contribution >= 0.6 is 0 Å². The number of benzene rings is 2. The molecule has 8 nitrogen and oxygen atoms in total. The summed E-state index contributed by atoms with van der Waals surface area (Å²) in [6.45, 7) is 2.50. The van der Waals surface area contributed by atoms with Crippen LogP contribution in [0.15, 0.2) is 41.3 Å². The molecule has 2 aromatic rings. The van der Waals surface area contributed by atoms with Crippen molar-refractivity contribution in [3.8, 4) is 17.2 Å². The summed E-state index contributed by atoms with van der Waals surface area (Å²) in [4.78, 5) is 13.0. The van der Waals surface area contributed by atoms with Crippen LogP contribution in [0.4, 0.5) is 0 Å². The zero-order valence-corrected chi connectivity index (χ0v) is 17.7. The molecule has 1 fully saturated rings. The molecule has 0 aliphatic carbocycles. The maximum atomic E-state index is 13.3. The number of fused-ring (bicyclic) bond motifs is 1. The lowest BCUT2D eigenvalue weighted by atomic mass is 10.2. The van der Waals surface area contributed by atoms with Gasteiger partial charge in [0.05, 0.1) is 12.0 Å². The normalized spacial score (nSPS) is 18.4. The Kier molecular flexibility index (Phi) is 5.57. The number of rotatable bonds is 6. The van der Waals surface area contributed by atoms with E-state index in [0.29, 0.717) is 42.2 Å². The van der Waals surface area contributed by atoms with Gasteiger partial charge in [-0.3, -0.25) is 4.79 Å². The van der Waals surface area contributed by atoms with E-state index in [0.717, 1.165) is 5.56 Å². The van der Waals surface area contributed by atoms with Gasteiger partial charge in [-0.25, -0.2) is 8.42 Å². The molecule has 160 valence electrons. The topological polar surface area (TPSA) is 94.2 Å². The van der Waals surface area contributed by atoms with Crippen molar-refractivity contribution in [1.82, 2.24) is 9.62 Å². The van der Waals surface area contributed by atoms with E-state index in [4.69, 9.17) is 14.2 Å². The molecule has 0 unspecified atom stereocenters. The summed E-state index contributed by atoms with van der Waals surface area (Å²) in [5.74, 6) is 1.46. The lowest BCUT2D eigenvalue weighted by molar-refractivity contribution is -0.124. The van der Waals surface area contributed by atoms with Gasteiger partial charge < -0.3 is 19.5 Å². The molecular weight excluding hydrogens is 408 g/mol. The number of aryl methyl sites for hydroxylation is 1. The monoisotopic (exact) mass is 432 g/mol. The van der Waals surface area contributed by atoms with Gasteiger partial charge in [-0.1, -0.05) is 12.1 Å². The molecule has 1 N–H and O–H groups in total. The van der Waals surface area contributed by atoms with E-state index in [2.05, 4.69) is 5.32 Å². The molecule has 9 heteroatoms. The number of nitrogens with zero attached hydrogens (tertiary/aromatic N) is 1. The third kappa shape index (κ3) is 3.82. The van der Waals surface area contributed by atoms with Crippen LogP contribution in [-0.2, 0) is 21.4 Å². The summed E-state index contributed by atoms with van der Waals surface area (Å²) >= 11 is 0. The lowest BCUT2D eigenvalue weighted by Crippen LogP contribution is -2.45. The second kappa shape index (κ2) is 8.16. The molecule has 2 aliphatic heterocycles. The van der Waals surface area contributed by atoms with E-state index in [1.54, 1.807) is 25.1 Å². The zero-order valence-electron chi connectivity index (χ0n) is 16.9. The molecule has 1 atom stereocenters. The Hall–Kier alpha value is -2.78. The van der Waals surface area contributed by atoms with E-state index in [-0.39, 0.29) is 24.1 Å². The number of hydrogen-bond acceptors (Lipinski definition) is 6. The van der Waals surface area contributed by atoms with Gasteiger partial charge in [-0.05, 0) is 49.1 Å². The summed E-state index contributed by atoms with van der Waals surface area (Å²) in [7, 11) is -2.34. The Bertz CT molecular complexity index is 1070. The predicted molar refractivity (Wildman–Crippen MR) is 109 cm³/mol. The second-order valence-corrected chi connectivity index (χ2v) is 9.17. The maximum absolute atomic E-state index is 13.3. The zero-order chi connectivity index (χ0) is 21.3. The summed E-state index contributed by atoms with van der Waals surface area (Å²) < 4.78 is 43.7. The predicted octanol–water partition coefficient (Wildman–Crippen LogP) is 2.20. The first-order valence-electron chi connectivity index (χ1n) is 9.73. The fraction of sp³-hybridized carbons (Fsp3) is 0.381. The standard InChI is InChI=1S/C21H24N2O6S/c1-14-5-7-16(27-2)11-20(14)30(25,26)23-9-3-4-17(23)21(24)22-12-15-6-8-18-19(10-15)29-13-28-18/h5-8,10-11,17H,3-4,9,12-13H2,1-2H3,(H,22,24)/t17-/m1/s1. The number of sulfonamides is 1. The van der Waals surface area contributed by atoms with E-state index < -0.39 is 16.1 Å². The van der Waals surface area contributed by atoms with E-state index >= 15 is 0 Å². The minimum absolute atomic E-state index is 0.164. The molecule has 2 aliphatic rings. The van der Waals surface area contributed by atoms with Gasteiger partial charge in [-0.15, -0.1) is 0 Å². The number of nitrogens with one attached hydrogen (secondary N) is 1. The molecule has 4 rings (SSSR count). The van der Waals surface area contributed by atoms with Crippen LogP contribution in [0, 0.1) is 6.92 Å². The summed E-state index contributed by atoms with van der Waals surface area (Å²) in [6.07, 6.45) is 1.11. The molecule has 1 amide bonds. The van der Waals surface area contributed by atoms with Crippen molar-refractivity contribution in [3.63, 3.8) is 0 Å². The smallest absolute Gasteiger partial charge is 0.244 e. The quantitative estimate of drug-likeness (QED) is 0.752. The maximum Gasteiger partial charge on any atom is 0.244 e. The van der Waals surface area contributed by atoms with Crippen molar-refractivity contribution in [1.29, 1.82) is 0 Å². The Balaban J connectivity index is 1.49. The van der Waals surface area contributed by atoms with Crippen LogP contribution in [0.1, 0.15) is 24.0 Å². The number of carbonyl (C=O) groups is 1. The van der Waals surface area contributed by atoms with E-state index in [1.165, 1.54) is 17.5 Å². The first-order valence-corrected chi connectivity index (χ1v) is 11.2. The lowest BCUT2D eigenvalue weighted by Gasteiger charge is -2.24. The third-order valence-corrected chi connectivity index (χ3v) is 7.44. The van der Waals surface area contributed by atoms with Gasteiger partial charge in [-0.2, -0.15) is 4.31 Å². The van der Waals surface area contributed by atoms with Crippen LogP contribution in [0.25, 0.3) is 0 Å². The van der Waals surface area contributed by atoms with Crippen LogP contribution < -0.4 is 19.5 Å². The van der Waals surface area contributed by atoms with Crippen LogP contribution in [-0.4, -0.2) is 45.1 Å². The molecule has 0 radical (unpaired) electrons. The highest BCUT2D eigenvalue weighted by molar-refractivity contribution is 7.89. The van der Waals surface area contributed by atoms with Crippen molar-refractivity contribution >= 4 is 15.9 Å². The van der Waals surface area contributed by atoms with Gasteiger partial charge in [0.25, 0.3) is 0 Å². The highest BCUT2D eigenvalue weighted by Gasteiger charge is 2.40. The second-order valence-electron chi connectivity index (χ2n) is 7.31. The van der Waals surface area contributed by atoms with Crippen molar-refractivity contribution in [2.75, 3.05) is 20.4 Å². The van der Waals surface area contributed by atoms with E-state index in [1.807, 2.05) is 12.1 Å². The first-order chi connectivity index (χ1) is 14.4. The molecule has 0 aromatic heterocycles. The molecule has 0 saturated carbocycles. The SMILES string of the molecule is COc1ccc(C)c(S(=O)(=O)N2CCC[C@@H]2C(=O)NCc2ccc3c(c2)OCO3)c1. The van der Waals surface area contributed by atoms with Crippen LogP contribution in [0.5, 0.6) is 17.2 Å². The number of ether oxygens (including phenoxy) is 3. The minimum Gasteiger partial charge on any atom is -0.497 e. The number of amides is 1. The minimum atomic E-state index is -3.83. The summed E-state index contributed by atoms with van der Waals surface area (Å²) in [5, 5.41) is 2.86. The van der Waals surface area contributed by atoms with Crippen molar-refractivity contribution < 1.29 is 27.4 Å². The Labute approximate surface area is 175 Å². The van der Waals surface area contributed by atoms with Gasteiger partial charge >= 0.3 is 0 Å². The molecule has 1 saturated heterocycles. The average Bonchev–Trinajstić information content (AvgIpc) is 3.41. The van der Waals surface area contributed by atoms with Crippen molar-refractivity contribution in [2.45, 2.75) is 37.2 Å². The third-order valence-electron chi connectivity index (χ3n) is 5.39. The van der Waals surface area contributed by atoms with Gasteiger partial charge in [0.15, 0.2) is 11.5 Å². The Morgan fingerprint density at radius 2 is 2.00 bits per heavy atom. The largest absolute Gasteiger partial charge is 0.497 e. The average molecular weight is 432 g/mol. The molecule has 2 aromatic carbocycles. The van der Waals surface area contributed by atoms with Gasteiger partial charge in [0.1, 0.15) is 11.8 Å². The van der Waals surface area contributed by atoms with Gasteiger partial charge in [0, 0.05) is 19.2 Å². The Morgan fingerprint density at radius 3 is 2.80 bits per heavy atom. The van der Waals surface area contributed by atoms with E-state index in [9.17, 15) is 13.2 Å². The van der Waals surface area contributed by atoms with Gasteiger partial charge in [0.2, 0.25) is 22.7 Å². The first kappa shape index (κ1) is 20.5. The van der Waals surface area contributed by atoms with Crippen molar-refractivity contribution in [3.05, 3.63) is 47.5 Å². The summed E-state index contributed by atoms with van der Waals surface area (Å²) in [5.41, 5.74) is 1.46. The summed E-state index contributed by atoms with van der Waals surface area (Å²) in [6, 6.07) is 9.63. The molecule has 0 bridgehead atoms. The number of carbonyl (C=O) groups excluding carboxylic acids is 1. The fourth-order valence-corrected chi connectivity index (χ4v) is 5.66. The van der Waals surface area contributed by atoms with Crippen LogP contribution in [0.2, 0.25) is 0 Å². The molecule has 0 spiro atoms. The Morgan fingerprint density at radius 1 is 1.20 bits per heavy atom. The van der Waals surface area contributed by atoms with Crippen molar-refractivity contribution in [2.24, 2.45) is 0 Å².